The van der Waals surface area contributed by atoms with Crippen LogP contribution in [0.3, 0.4) is 0 Å². The number of hydrogen-bond acceptors (Lipinski definition) is 0. The van der Waals surface area contributed by atoms with Crippen LogP contribution in [0.1, 0.15) is 115 Å². The Morgan fingerprint density at radius 3 is 0.714 bits per heavy atom. The van der Waals surface area contributed by atoms with E-state index in [9.17, 15) is 52.7 Å². The van der Waals surface area contributed by atoms with Crippen molar-refractivity contribution in [2.45, 2.75) is 116 Å². The molecule has 0 saturated heterocycles. The molecule has 5 aromatic carbocycles. The largest absolute Gasteiger partial charge is 0.325 e. The highest BCUT2D eigenvalue weighted by molar-refractivity contribution is 7.20. The van der Waals surface area contributed by atoms with E-state index >= 15 is 35.1 Å². The van der Waals surface area contributed by atoms with E-state index in [1.165, 1.54) is 120 Å². The normalized spacial score (nSPS) is 11.7. The first-order valence-electron chi connectivity index (χ1n) is 22.2. The lowest BCUT2D eigenvalue weighted by Gasteiger charge is -2.44. The van der Waals surface area contributed by atoms with Gasteiger partial charge in [-0.2, -0.15) is 0 Å². The summed E-state index contributed by atoms with van der Waals surface area (Å²) in [4.78, 5) is 0. The van der Waals surface area contributed by atoms with Gasteiger partial charge in [0.05, 0.1) is 0 Å². The van der Waals surface area contributed by atoms with E-state index in [0.717, 1.165) is 0 Å². The number of quaternary nitrogens is 1. The van der Waals surface area contributed by atoms with Gasteiger partial charge in [-0.3, -0.25) is 0 Å². The molecule has 0 bridgehead atoms. The molecule has 0 heterocycles. The second-order valence-electron chi connectivity index (χ2n) is 16.6. The molecule has 70 heavy (non-hydrogen) atoms. The van der Waals surface area contributed by atoms with E-state index in [-0.39, 0.29) is 0 Å². The maximum Gasteiger partial charge on any atom is 0.200 e. The molecule has 0 amide bonds. The molecule has 5 aromatic rings. The van der Waals surface area contributed by atoms with Crippen molar-refractivity contribution < 1.29 is 93.5 Å². The van der Waals surface area contributed by atoms with Crippen LogP contribution in [0.25, 0.3) is 0 Å². The Labute approximate surface area is 389 Å². The van der Waals surface area contributed by atoms with Gasteiger partial charge in [0.15, 0.2) is 69.8 Å². The molecule has 0 unspecified atom stereocenters. The van der Waals surface area contributed by atoms with Crippen molar-refractivity contribution in [1.82, 2.24) is 0 Å². The summed E-state index contributed by atoms with van der Waals surface area (Å²) < 4.78 is 294. The van der Waals surface area contributed by atoms with Gasteiger partial charge in [-0.15, -0.1) is 21.9 Å². The van der Waals surface area contributed by atoms with Crippen LogP contribution in [0.4, 0.5) is 93.5 Å². The molecule has 0 aliphatic heterocycles. The zero-order chi connectivity index (χ0) is 52.4. The molecular formula is C48H44BF20N. The summed E-state index contributed by atoms with van der Waals surface area (Å²) in [5.41, 5.74) is -7.57. The van der Waals surface area contributed by atoms with E-state index < -0.39 is 144 Å². The molecule has 0 fully saturated rings. The molecule has 384 valence electrons. The summed E-state index contributed by atoms with van der Waals surface area (Å²) >= 11 is 0. The first kappa shape index (κ1) is 57.3. The fourth-order valence-corrected chi connectivity index (χ4v) is 8.54. The van der Waals surface area contributed by atoms with Gasteiger partial charge in [0.2, 0.25) is 0 Å². The van der Waals surface area contributed by atoms with Crippen LogP contribution < -0.4 is 27.6 Å². The predicted molar refractivity (Wildman–Crippen MR) is 221 cm³/mol. The average Bonchev–Trinajstić information content (AvgIpc) is 3.34. The van der Waals surface area contributed by atoms with Crippen LogP contribution in [0.15, 0.2) is 24.3 Å². The molecule has 1 nitrogen and oxygen atoms in total. The fraction of sp³-hybridized carbons (Fsp3) is 0.375. The molecule has 0 saturated carbocycles. The molecule has 0 atom stereocenters. The molecular weight excluding hydrogens is 981 g/mol. The Kier molecular flexibility index (Phi) is 20.6. The van der Waals surface area contributed by atoms with E-state index in [4.69, 9.17) is 0 Å². The topological polar surface area (TPSA) is 27.6 Å². The van der Waals surface area contributed by atoms with Gasteiger partial charge >= 0.3 is 0 Å². The standard InChI is InChI=1S/C24BF20.C24H43N/c26-5-1(6(27)14(35)21(42)13(5)34)25(2-7(28)15(36)22(43)16(37)8(2)29,3-9(30)17(38)23(44)18(39)10(3)31)4-11(32)19(40)24(45)20(41)12(4)33;1-2-3-4-5-6-7-8-9-10-11-12-13-14-15-16-17-20-23-21-18-19-22-24(23)25/h;18-19,21-22H,2-17,20,25H2,1H3/q-1;/p+1. The summed E-state index contributed by atoms with van der Waals surface area (Å²) in [5, 5.41) is 0. The highest BCUT2D eigenvalue weighted by atomic mass is 19.2. The first-order chi connectivity index (χ1) is 33.0. The van der Waals surface area contributed by atoms with Crippen molar-refractivity contribution in [2.75, 3.05) is 0 Å². The number of unbranched alkanes of at least 4 members (excludes halogenated alkanes) is 15. The monoisotopic (exact) mass is 1030 g/mol. The van der Waals surface area contributed by atoms with Crippen molar-refractivity contribution >= 4 is 33.7 Å². The maximum atomic E-state index is 15.4. The summed E-state index contributed by atoms with van der Waals surface area (Å²) in [6.07, 6.45) is 17.0. The van der Waals surface area contributed by atoms with Crippen LogP contribution in [0, 0.1) is 116 Å². The summed E-state index contributed by atoms with van der Waals surface area (Å²) in [6.45, 7) is 2.29. The lowest BCUT2D eigenvalue weighted by Crippen LogP contribution is -2.81. The van der Waals surface area contributed by atoms with Gasteiger partial charge < -0.3 is 5.73 Å². The van der Waals surface area contributed by atoms with Crippen LogP contribution >= 0.6 is 0 Å². The number of halogens is 20. The van der Waals surface area contributed by atoms with Gasteiger partial charge in [0.1, 0.15) is 58.4 Å². The Morgan fingerprint density at radius 1 is 0.286 bits per heavy atom. The second kappa shape index (κ2) is 25.2. The zero-order valence-corrected chi connectivity index (χ0v) is 37.2. The SMILES string of the molecule is CCCCCCCCCCCCCCCCCCc1ccccc1[NH3+].Fc1c(F)c(F)c([B-](c2c(F)c(F)c(F)c(F)c2F)(c2c(F)c(F)c(F)c(F)c2F)c2c(F)c(F)c(F)c(F)c2F)c(F)c1F. The Morgan fingerprint density at radius 2 is 0.486 bits per heavy atom. The van der Waals surface area contributed by atoms with Gasteiger partial charge in [0.25, 0.3) is 0 Å². The van der Waals surface area contributed by atoms with Crippen LogP contribution in [-0.4, -0.2) is 6.15 Å². The lowest BCUT2D eigenvalue weighted by molar-refractivity contribution is -0.255. The predicted octanol–water partition coefficient (Wildman–Crippen LogP) is 13.2. The molecule has 0 aromatic heterocycles. The number of rotatable bonds is 21. The van der Waals surface area contributed by atoms with Crippen LogP contribution in [-0.2, 0) is 6.42 Å². The fourth-order valence-electron chi connectivity index (χ4n) is 8.54. The highest BCUT2D eigenvalue weighted by Gasteiger charge is 2.52. The maximum absolute atomic E-state index is 15.4. The first-order valence-corrected chi connectivity index (χ1v) is 22.2. The molecule has 5 rings (SSSR count). The van der Waals surface area contributed by atoms with Crippen molar-refractivity contribution in [1.29, 1.82) is 0 Å². The molecule has 0 radical (unpaired) electrons. The number of benzene rings is 5. The smallest absolute Gasteiger partial charge is 0.200 e. The molecule has 22 heteroatoms. The minimum Gasteiger partial charge on any atom is -0.325 e. The molecule has 0 aliphatic carbocycles. The third-order valence-corrected chi connectivity index (χ3v) is 12.1. The van der Waals surface area contributed by atoms with Gasteiger partial charge in [-0.05, 0) is 18.9 Å². The van der Waals surface area contributed by atoms with Crippen molar-refractivity contribution in [2.24, 2.45) is 0 Å². The molecule has 3 N–H and O–H groups in total. The van der Waals surface area contributed by atoms with Crippen LogP contribution in [0.2, 0.25) is 0 Å². The van der Waals surface area contributed by atoms with E-state index in [0.29, 0.717) is 0 Å². The van der Waals surface area contributed by atoms with E-state index in [1.54, 1.807) is 0 Å². The quantitative estimate of drug-likeness (QED) is 0.0249. The highest BCUT2D eigenvalue weighted by Crippen LogP contribution is 2.31. The van der Waals surface area contributed by atoms with Crippen LogP contribution in [0.5, 0.6) is 0 Å². The van der Waals surface area contributed by atoms with Crippen molar-refractivity contribution in [3.05, 3.63) is 146 Å². The van der Waals surface area contributed by atoms with Crippen molar-refractivity contribution in [3.63, 3.8) is 0 Å². The Balaban J connectivity index is 0.000000361. The van der Waals surface area contributed by atoms with Gasteiger partial charge in [-0.25, -0.2) is 87.8 Å². The number of hydrogen-bond donors (Lipinski definition) is 1. The minimum atomic E-state index is -7.22. The van der Waals surface area contributed by atoms with Gasteiger partial charge in [-0.1, -0.05) is 121 Å². The Hall–Kier alpha value is -5.28. The average molecular weight is 1030 g/mol. The van der Waals surface area contributed by atoms with E-state index in [2.05, 4.69) is 36.9 Å². The minimum absolute atomic E-state index is 1.21. The third-order valence-electron chi connectivity index (χ3n) is 12.1. The summed E-state index contributed by atoms with van der Waals surface area (Å²) in [5.74, 6) is -71.4. The van der Waals surface area contributed by atoms with Gasteiger partial charge in [0, 0.05) is 5.56 Å². The van der Waals surface area contributed by atoms with E-state index in [1.807, 2.05) is 0 Å². The lowest BCUT2D eigenvalue weighted by atomic mass is 9.12. The Bertz CT molecular complexity index is 2260. The summed E-state index contributed by atoms with van der Waals surface area (Å²) in [6, 6.07) is 8.57. The zero-order valence-electron chi connectivity index (χ0n) is 37.2. The molecule has 0 aliphatic rings. The molecule has 0 spiro atoms. The number of aryl methyl sites for hydroxylation is 1. The summed E-state index contributed by atoms with van der Waals surface area (Å²) in [7, 11) is 0. The van der Waals surface area contributed by atoms with Crippen molar-refractivity contribution in [3.8, 4) is 0 Å². The third kappa shape index (κ3) is 11.6. The second-order valence-corrected chi connectivity index (χ2v) is 16.6.